The number of nitrogens with one attached hydrogen (secondary N) is 1. The van der Waals surface area contributed by atoms with Gasteiger partial charge in [-0.15, -0.1) is 0 Å². The van der Waals surface area contributed by atoms with Crippen LogP contribution in [0.25, 0.3) is 0 Å². The number of hydrogen-bond acceptors (Lipinski definition) is 7. The van der Waals surface area contributed by atoms with Crippen molar-refractivity contribution in [3.05, 3.63) is 22.5 Å². The van der Waals surface area contributed by atoms with E-state index >= 15 is 0 Å². The van der Waals surface area contributed by atoms with Crippen molar-refractivity contribution in [2.45, 2.75) is 25.0 Å². The number of rotatable bonds is 2. The predicted molar refractivity (Wildman–Crippen MR) is 74.2 cm³/mol. The van der Waals surface area contributed by atoms with Gasteiger partial charge in [0.2, 0.25) is 11.6 Å². The van der Waals surface area contributed by atoms with E-state index < -0.39 is 6.09 Å². The molecule has 0 bridgehead atoms. The molecule has 0 aromatic rings. The maximum Gasteiger partial charge on any atom is 0.404 e. The van der Waals surface area contributed by atoms with Crippen molar-refractivity contribution in [3.8, 4) is 0 Å². The Balaban J connectivity index is 1.76. The molecule has 1 aliphatic carbocycles. The minimum Gasteiger partial charge on any atom is -0.449 e. The van der Waals surface area contributed by atoms with Crippen LogP contribution in [0, 0.1) is 5.92 Å². The van der Waals surface area contributed by atoms with Crippen LogP contribution < -0.4 is 16.8 Å². The monoisotopic (exact) mass is 304 g/mol. The number of piperazine rings is 1. The summed E-state index contributed by atoms with van der Waals surface area (Å²) in [7, 11) is 0. The van der Waals surface area contributed by atoms with Crippen molar-refractivity contribution in [2.24, 2.45) is 17.4 Å². The van der Waals surface area contributed by atoms with Gasteiger partial charge >= 0.3 is 6.09 Å². The molecule has 8 heteroatoms. The summed E-state index contributed by atoms with van der Waals surface area (Å²) in [6, 6.07) is 0.455. The lowest BCUT2D eigenvalue weighted by Gasteiger charge is -2.27. The van der Waals surface area contributed by atoms with Gasteiger partial charge in [0, 0.05) is 35.7 Å². The molecule has 3 aliphatic heterocycles. The Bertz CT molecular complexity index is 695. The number of allylic oxidation sites excluding steroid dienone is 2. The van der Waals surface area contributed by atoms with E-state index in [9.17, 15) is 14.4 Å². The number of Topliss-reactive ketones (excluding diaryl/α,β-unsaturated/α-hetero) is 2. The number of carbonyl (C=O) groups excluding carboxylic acids is 3. The zero-order valence-corrected chi connectivity index (χ0v) is 12.0. The second kappa shape index (κ2) is 4.10. The smallest absolute Gasteiger partial charge is 0.404 e. The number of amides is 1. The first-order chi connectivity index (χ1) is 10.4. The summed E-state index contributed by atoms with van der Waals surface area (Å²) < 4.78 is 4.93. The highest BCUT2D eigenvalue weighted by Gasteiger charge is 2.62. The molecule has 1 unspecified atom stereocenters. The van der Waals surface area contributed by atoms with E-state index in [0.717, 1.165) is 0 Å². The first-order valence-corrected chi connectivity index (χ1v) is 7.16. The lowest BCUT2D eigenvalue weighted by molar-refractivity contribution is -0.117. The summed E-state index contributed by atoms with van der Waals surface area (Å²) in [5.41, 5.74) is 11.9. The van der Waals surface area contributed by atoms with Crippen molar-refractivity contribution < 1.29 is 19.1 Å². The van der Waals surface area contributed by atoms with Gasteiger partial charge in [0.25, 0.3) is 0 Å². The fourth-order valence-electron chi connectivity index (χ4n) is 3.93. The summed E-state index contributed by atoms with van der Waals surface area (Å²) in [5.74, 6) is -0.924. The van der Waals surface area contributed by atoms with E-state index in [1.807, 2.05) is 4.90 Å². The third kappa shape index (κ3) is 1.52. The Kier molecular flexibility index (Phi) is 2.48. The van der Waals surface area contributed by atoms with Gasteiger partial charge in [0.05, 0.1) is 17.4 Å². The Morgan fingerprint density at radius 1 is 1.41 bits per heavy atom. The van der Waals surface area contributed by atoms with Crippen molar-refractivity contribution in [3.63, 3.8) is 0 Å². The van der Waals surface area contributed by atoms with E-state index in [0.29, 0.717) is 23.9 Å². The number of carbonyl (C=O) groups is 3. The highest BCUT2D eigenvalue weighted by atomic mass is 16.5. The minimum atomic E-state index is -0.895. The van der Waals surface area contributed by atoms with Crippen LogP contribution in [-0.4, -0.2) is 53.8 Å². The molecule has 4 atom stereocenters. The van der Waals surface area contributed by atoms with E-state index in [2.05, 4.69) is 5.32 Å². The Morgan fingerprint density at radius 3 is 2.82 bits per heavy atom. The fraction of sp³-hybridized carbons (Fsp3) is 0.500. The van der Waals surface area contributed by atoms with Gasteiger partial charge in [-0.3, -0.25) is 9.59 Å². The minimum absolute atomic E-state index is 0.0192. The van der Waals surface area contributed by atoms with E-state index in [1.54, 1.807) is 6.92 Å². The molecular weight excluding hydrogens is 288 g/mol. The molecule has 0 spiro atoms. The van der Waals surface area contributed by atoms with Gasteiger partial charge in [-0.2, -0.15) is 0 Å². The Labute approximate surface area is 126 Å². The number of ketones is 2. The molecule has 116 valence electrons. The SMILES string of the molecule is CC1=C(N)C(=O)C2=C(C1=O)N1C[C@@H]3N[C@@H]3C1[C@@H]2COC(N)=O. The average molecular weight is 304 g/mol. The summed E-state index contributed by atoms with van der Waals surface area (Å²) in [4.78, 5) is 38.0. The van der Waals surface area contributed by atoms with Gasteiger partial charge < -0.3 is 26.4 Å². The van der Waals surface area contributed by atoms with Gasteiger partial charge in [-0.1, -0.05) is 0 Å². The molecule has 4 aliphatic rings. The lowest BCUT2D eigenvalue weighted by Crippen LogP contribution is -2.40. The molecule has 22 heavy (non-hydrogen) atoms. The number of nitrogens with zero attached hydrogens (tertiary/aromatic N) is 1. The molecule has 0 aromatic carbocycles. The van der Waals surface area contributed by atoms with Crippen LogP contribution in [0.3, 0.4) is 0 Å². The third-order valence-corrected chi connectivity index (χ3v) is 5.03. The summed E-state index contributed by atoms with van der Waals surface area (Å²) >= 11 is 0. The molecule has 5 N–H and O–H groups in total. The number of fused-ring (bicyclic) bond motifs is 4. The molecule has 1 amide bonds. The second-order valence-electron chi connectivity index (χ2n) is 6.14. The molecule has 2 saturated heterocycles. The molecular formula is C14H16N4O4. The average Bonchev–Trinajstić information content (AvgIpc) is 3.01. The summed E-state index contributed by atoms with van der Waals surface area (Å²) in [6.45, 7) is 2.22. The quantitative estimate of drug-likeness (QED) is 0.411. The topological polar surface area (TPSA) is 138 Å². The maximum atomic E-state index is 12.6. The van der Waals surface area contributed by atoms with Gasteiger partial charge in [-0.25, -0.2) is 4.79 Å². The van der Waals surface area contributed by atoms with Crippen LogP contribution in [0.5, 0.6) is 0 Å². The summed E-state index contributed by atoms with van der Waals surface area (Å²) in [6.07, 6.45) is -0.895. The maximum absolute atomic E-state index is 12.6. The van der Waals surface area contributed by atoms with Crippen LogP contribution >= 0.6 is 0 Å². The third-order valence-electron chi connectivity index (χ3n) is 5.03. The molecule has 0 aromatic heterocycles. The van der Waals surface area contributed by atoms with Crippen molar-refractivity contribution in [1.82, 2.24) is 10.2 Å². The largest absolute Gasteiger partial charge is 0.449 e. The fourth-order valence-corrected chi connectivity index (χ4v) is 3.93. The zero-order chi connectivity index (χ0) is 15.8. The van der Waals surface area contributed by atoms with Gasteiger partial charge in [-0.05, 0) is 6.92 Å². The van der Waals surface area contributed by atoms with E-state index in [-0.39, 0.29) is 47.4 Å². The van der Waals surface area contributed by atoms with Crippen LogP contribution in [0.4, 0.5) is 4.79 Å². The van der Waals surface area contributed by atoms with Gasteiger partial charge in [0.15, 0.2) is 0 Å². The molecule has 8 nitrogen and oxygen atoms in total. The van der Waals surface area contributed by atoms with Crippen molar-refractivity contribution in [1.29, 1.82) is 0 Å². The number of hydrogen-bond donors (Lipinski definition) is 3. The molecule has 4 rings (SSSR count). The standard InChI is InChI=1S/C14H16N4O4/c1-4-8(15)13(20)7-5(3-22-14(16)21)10-9-6(17-9)2-18(10)11(7)12(4)19/h5-6,9-10,17H,2-3,15H2,1H3,(H2,16,21)/t5-,6+,9+,10?/m1/s1. The number of nitrogens with two attached hydrogens (primary N) is 2. The molecule has 0 saturated carbocycles. The van der Waals surface area contributed by atoms with Crippen LogP contribution in [0.15, 0.2) is 22.5 Å². The first kappa shape index (κ1) is 13.3. The number of primary amides is 1. The highest BCUT2D eigenvalue weighted by Crippen LogP contribution is 2.48. The highest BCUT2D eigenvalue weighted by molar-refractivity contribution is 6.25. The van der Waals surface area contributed by atoms with Crippen molar-refractivity contribution in [2.75, 3.05) is 13.2 Å². The molecule has 2 fully saturated rings. The van der Waals surface area contributed by atoms with E-state index in [4.69, 9.17) is 16.2 Å². The van der Waals surface area contributed by atoms with Crippen molar-refractivity contribution >= 4 is 17.7 Å². The van der Waals surface area contributed by atoms with E-state index in [1.165, 1.54) is 0 Å². The van der Waals surface area contributed by atoms with Gasteiger partial charge in [0.1, 0.15) is 6.61 Å². The predicted octanol–water partition coefficient (Wildman–Crippen LogP) is -1.63. The first-order valence-electron chi connectivity index (χ1n) is 7.16. The second-order valence-corrected chi connectivity index (χ2v) is 6.14. The Hall–Kier alpha value is -2.35. The summed E-state index contributed by atoms with van der Waals surface area (Å²) in [5, 5.41) is 3.31. The normalized spacial score (nSPS) is 35.6. The Morgan fingerprint density at radius 2 is 2.14 bits per heavy atom. The lowest BCUT2D eigenvalue weighted by atomic mass is 9.84. The zero-order valence-electron chi connectivity index (χ0n) is 12.0. The van der Waals surface area contributed by atoms with Crippen LogP contribution in [0.2, 0.25) is 0 Å². The van der Waals surface area contributed by atoms with Crippen LogP contribution in [-0.2, 0) is 14.3 Å². The molecule has 0 radical (unpaired) electrons. The molecule has 3 heterocycles. The van der Waals surface area contributed by atoms with Crippen LogP contribution in [0.1, 0.15) is 6.92 Å². The number of ether oxygens (including phenoxy) is 1.